The third-order valence-corrected chi connectivity index (χ3v) is 4.22. The lowest BCUT2D eigenvalue weighted by atomic mass is 10.0. The fourth-order valence-corrected chi connectivity index (χ4v) is 3.10. The zero-order valence-corrected chi connectivity index (χ0v) is 13.5. The first kappa shape index (κ1) is 14.0. The molecular weight excluding hydrogens is 316 g/mol. The molecule has 6 nitrogen and oxygen atoms in total. The number of nitrogens with zero attached hydrogens (tertiary/aromatic N) is 4. The van der Waals surface area contributed by atoms with Gasteiger partial charge in [-0.15, -0.1) is 0 Å². The number of pyridine rings is 1. The fraction of sp³-hybridized carbons (Fsp3) is 0.105. The van der Waals surface area contributed by atoms with Gasteiger partial charge in [0.15, 0.2) is 11.5 Å². The standard InChI is InChI=1S/C19H14N4O2/c1-12-9-14(5-7-20-12)18-17(22-19-21-6-2-8-23(18)19)13-3-4-15-16(10-13)25-11-24-15/h2-10H,11H2,1H3. The number of hydrogen-bond acceptors (Lipinski definition) is 5. The fourth-order valence-electron chi connectivity index (χ4n) is 3.10. The van der Waals surface area contributed by atoms with Crippen LogP contribution >= 0.6 is 0 Å². The van der Waals surface area contributed by atoms with Gasteiger partial charge >= 0.3 is 0 Å². The second kappa shape index (κ2) is 5.31. The zero-order chi connectivity index (χ0) is 16.8. The smallest absolute Gasteiger partial charge is 0.234 e. The molecule has 0 aliphatic carbocycles. The summed E-state index contributed by atoms with van der Waals surface area (Å²) in [6.07, 6.45) is 5.52. The topological polar surface area (TPSA) is 61.5 Å². The lowest BCUT2D eigenvalue weighted by molar-refractivity contribution is 0.174. The van der Waals surface area contributed by atoms with Gasteiger partial charge in [-0.3, -0.25) is 9.38 Å². The van der Waals surface area contributed by atoms with Crippen LogP contribution in [0.1, 0.15) is 5.69 Å². The van der Waals surface area contributed by atoms with E-state index >= 15 is 0 Å². The van der Waals surface area contributed by atoms with E-state index in [1.54, 1.807) is 6.20 Å². The second-order valence-corrected chi connectivity index (χ2v) is 5.85. The molecule has 0 saturated carbocycles. The molecule has 0 fully saturated rings. The van der Waals surface area contributed by atoms with E-state index in [9.17, 15) is 0 Å². The van der Waals surface area contributed by atoms with Gasteiger partial charge in [-0.05, 0) is 43.3 Å². The van der Waals surface area contributed by atoms with Crippen molar-refractivity contribution in [2.45, 2.75) is 6.92 Å². The second-order valence-electron chi connectivity index (χ2n) is 5.85. The maximum atomic E-state index is 5.52. The average molecular weight is 330 g/mol. The molecule has 0 atom stereocenters. The summed E-state index contributed by atoms with van der Waals surface area (Å²) in [5, 5.41) is 0. The molecule has 0 radical (unpaired) electrons. The maximum absolute atomic E-state index is 5.52. The summed E-state index contributed by atoms with van der Waals surface area (Å²) in [6, 6.07) is 11.8. The Hall–Kier alpha value is -3.41. The van der Waals surface area contributed by atoms with E-state index in [-0.39, 0.29) is 6.79 Å². The quantitative estimate of drug-likeness (QED) is 0.563. The van der Waals surface area contributed by atoms with Crippen LogP contribution in [0.4, 0.5) is 0 Å². The number of aryl methyl sites for hydroxylation is 1. The first-order valence-corrected chi connectivity index (χ1v) is 7.96. The lowest BCUT2D eigenvalue weighted by Gasteiger charge is -2.07. The first-order valence-electron chi connectivity index (χ1n) is 7.96. The largest absolute Gasteiger partial charge is 0.454 e. The molecule has 4 aromatic rings. The molecule has 0 amide bonds. The van der Waals surface area contributed by atoms with E-state index in [1.165, 1.54) is 0 Å². The van der Waals surface area contributed by atoms with Crippen molar-refractivity contribution < 1.29 is 9.47 Å². The van der Waals surface area contributed by atoms with Crippen molar-refractivity contribution in [1.29, 1.82) is 0 Å². The van der Waals surface area contributed by atoms with Gasteiger partial charge in [0.1, 0.15) is 0 Å². The zero-order valence-electron chi connectivity index (χ0n) is 13.5. The summed E-state index contributed by atoms with van der Waals surface area (Å²) < 4.78 is 12.9. The Morgan fingerprint density at radius 1 is 0.960 bits per heavy atom. The number of ether oxygens (including phenoxy) is 2. The molecule has 0 unspecified atom stereocenters. The van der Waals surface area contributed by atoms with Crippen LogP contribution in [0.2, 0.25) is 0 Å². The van der Waals surface area contributed by atoms with Gasteiger partial charge in [0.05, 0.1) is 11.4 Å². The van der Waals surface area contributed by atoms with E-state index < -0.39 is 0 Å². The Balaban J connectivity index is 1.79. The van der Waals surface area contributed by atoms with Crippen LogP contribution in [0, 0.1) is 6.92 Å². The third kappa shape index (κ3) is 2.22. The van der Waals surface area contributed by atoms with E-state index in [0.29, 0.717) is 5.78 Å². The minimum atomic E-state index is 0.252. The van der Waals surface area contributed by atoms with Gasteiger partial charge in [-0.2, -0.15) is 0 Å². The van der Waals surface area contributed by atoms with Crippen molar-refractivity contribution in [3.05, 3.63) is 60.7 Å². The summed E-state index contributed by atoms with van der Waals surface area (Å²) in [6.45, 7) is 2.23. The predicted molar refractivity (Wildman–Crippen MR) is 92.5 cm³/mol. The summed E-state index contributed by atoms with van der Waals surface area (Å²) in [5.41, 5.74) is 4.78. The van der Waals surface area contributed by atoms with Gasteiger partial charge in [0.2, 0.25) is 12.6 Å². The minimum Gasteiger partial charge on any atom is -0.454 e. The molecule has 25 heavy (non-hydrogen) atoms. The minimum absolute atomic E-state index is 0.252. The van der Waals surface area contributed by atoms with Gasteiger partial charge in [0, 0.05) is 35.4 Å². The molecule has 1 aromatic carbocycles. The highest BCUT2D eigenvalue weighted by molar-refractivity contribution is 5.82. The number of hydrogen-bond donors (Lipinski definition) is 0. The maximum Gasteiger partial charge on any atom is 0.234 e. The van der Waals surface area contributed by atoms with Crippen LogP contribution in [0.3, 0.4) is 0 Å². The van der Waals surface area contributed by atoms with Crippen LogP contribution in [0.25, 0.3) is 28.3 Å². The summed E-state index contributed by atoms with van der Waals surface area (Å²) in [7, 11) is 0. The molecule has 0 spiro atoms. The van der Waals surface area contributed by atoms with Gasteiger partial charge in [0.25, 0.3) is 0 Å². The number of fused-ring (bicyclic) bond motifs is 2. The van der Waals surface area contributed by atoms with Crippen molar-refractivity contribution >= 4 is 5.78 Å². The highest BCUT2D eigenvalue weighted by atomic mass is 16.7. The molecule has 0 bridgehead atoms. The number of imidazole rings is 1. The van der Waals surface area contributed by atoms with E-state index in [1.807, 2.05) is 60.1 Å². The van der Waals surface area contributed by atoms with Crippen molar-refractivity contribution in [1.82, 2.24) is 19.4 Å². The van der Waals surface area contributed by atoms with Gasteiger partial charge in [-0.25, -0.2) is 9.97 Å². The molecule has 0 saturated heterocycles. The Labute approximate surface area is 143 Å². The van der Waals surface area contributed by atoms with E-state index in [4.69, 9.17) is 14.5 Å². The third-order valence-electron chi connectivity index (χ3n) is 4.22. The Kier molecular flexibility index (Phi) is 2.97. The van der Waals surface area contributed by atoms with E-state index in [0.717, 1.165) is 39.7 Å². The Bertz CT molecular complexity index is 1100. The van der Waals surface area contributed by atoms with Crippen molar-refractivity contribution in [2.24, 2.45) is 0 Å². The highest BCUT2D eigenvalue weighted by Crippen LogP contribution is 2.39. The molecule has 1 aliphatic heterocycles. The lowest BCUT2D eigenvalue weighted by Crippen LogP contribution is -1.93. The van der Waals surface area contributed by atoms with Crippen molar-refractivity contribution in [3.8, 4) is 34.0 Å². The molecule has 6 heteroatoms. The van der Waals surface area contributed by atoms with Gasteiger partial charge in [-0.1, -0.05) is 0 Å². The Morgan fingerprint density at radius 3 is 2.80 bits per heavy atom. The number of aromatic nitrogens is 4. The van der Waals surface area contributed by atoms with Crippen molar-refractivity contribution in [2.75, 3.05) is 6.79 Å². The molecule has 1 aliphatic rings. The highest BCUT2D eigenvalue weighted by Gasteiger charge is 2.20. The Morgan fingerprint density at radius 2 is 1.88 bits per heavy atom. The SMILES string of the molecule is Cc1cc(-c2c(-c3ccc4c(c3)OCO4)nc3ncccn23)ccn1. The number of rotatable bonds is 2. The normalized spacial score (nSPS) is 12.7. The molecule has 122 valence electrons. The summed E-state index contributed by atoms with van der Waals surface area (Å²) in [4.78, 5) is 13.4. The van der Waals surface area contributed by atoms with Crippen LogP contribution in [0.15, 0.2) is 55.0 Å². The van der Waals surface area contributed by atoms with E-state index in [2.05, 4.69) is 9.97 Å². The van der Waals surface area contributed by atoms with Crippen molar-refractivity contribution in [3.63, 3.8) is 0 Å². The molecule has 4 heterocycles. The average Bonchev–Trinajstić information content (AvgIpc) is 3.25. The molecule has 5 rings (SSSR count). The molecule has 3 aromatic heterocycles. The summed E-state index contributed by atoms with van der Waals surface area (Å²) in [5.74, 6) is 2.14. The number of benzene rings is 1. The predicted octanol–water partition coefficient (Wildman–Crippen LogP) is 3.50. The summed E-state index contributed by atoms with van der Waals surface area (Å²) >= 11 is 0. The molecule has 0 N–H and O–H groups in total. The van der Waals surface area contributed by atoms with Crippen LogP contribution in [-0.2, 0) is 0 Å². The monoisotopic (exact) mass is 330 g/mol. The van der Waals surface area contributed by atoms with Crippen LogP contribution in [0.5, 0.6) is 11.5 Å². The molecular formula is C19H14N4O2. The van der Waals surface area contributed by atoms with Crippen LogP contribution < -0.4 is 9.47 Å². The van der Waals surface area contributed by atoms with Gasteiger partial charge < -0.3 is 9.47 Å². The van der Waals surface area contributed by atoms with Crippen LogP contribution in [-0.4, -0.2) is 26.1 Å². The first-order chi connectivity index (χ1) is 12.3.